The largest absolute Gasteiger partial charge is 0.230 e. The predicted octanol–water partition coefficient (Wildman–Crippen LogP) is 4.16. The third kappa shape index (κ3) is 4.27. The van der Waals surface area contributed by atoms with Crippen molar-refractivity contribution in [3.8, 4) is 0 Å². The molecule has 0 aromatic heterocycles. The molecule has 1 aromatic carbocycles. The van der Waals surface area contributed by atoms with Crippen LogP contribution in [0, 0.1) is 24.7 Å². The summed E-state index contributed by atoms with van der Waals surface area (Å²) in [5.74, 6) is 2.01. The fraction of sp³-hybridized carbons (Fsp3) is 0.562. The molecule has 1 unspecified atom stereocenters. The molecule has 0 N–H and O–H groups in total. The maximum atomic E-state index is 12.1. The van der Waals surface area contributed by atoms with Crippen LogP contribution in [-0.4, -0.2) is 10.4 Å². The molecule has 0 saturated heterocycles. The first-order valence-electron chi connectivity index (χ1n) is 7.07. The molecule has 0 aliphatic heterocycles. The van der Waals surface area contributed by atoms with Crippen LogP contribution in [0.2, 0.25) is 0 Å². The topological polar surface area (TPSA) is 29.4 Å². The normalized spacial score (nSPS) is 29.5. The molecule has 1 aliphatic rings. The zero-order valence-electron chi connectivity index (χ0n) is 12.0. The molecule has 3 atom stereocenters. The van der Waals surface area contributed by atoms with Crippen LogP contribution < -0.4 is 0 Å². The molecule has 0 radical (unpaired) electrons. The maximum absolute atomic E-state index is 12.1. The summed E-state index contributed by atoms with van der Waals surface area (Å²) in [6.45, 7) is 6.63. The van der Waals surface area contributed by atoms with Crippen LogP contribution in [0.3, 0.4) is 0 Å². The Labute approximate surface area is 118 Å². The van der Waals surface area contributed by atoms with Gasteiger partial charge in [-0.05, 0) is 56.1 Å². The van der Waals surface area contributed by atoms with Crippen molar-refractivity contribution in [1.29, 1.82) is 0 Å². The highest BCUT2D eigenvalue weighted by atomic mass is 32.2. The van der Waals surface area contributed by atoms with Gasteiger partial charge in [0.1, 0.15) is 0 Å². The molecule has 104 valence electrons. The Morgan fingerprint density at radius 1 is 1.11 bits per heavy atom. The summed E-state index contributed by atoms with van der Waals surface area (Å²) in [7, 11) is -1.25. The highest BCUT2D eigenvalue weighted by Crippen LogP contribution is 2.31. The molecule has 2 nitrogen and oxygen atoms in total. The minimum absolute atomic E-state index is 0.494. The molecule has 19 heavy (non-hydrogen) atoms. The standard InChI is InChI=1S/C16H23NOS/c1-12-4-6-16(7-5-12)19(18)17-11-15-9-13(2)8-14(3)10-15/h4-7,11,13-15H,8-10H2,1-3H3/b17-11+/t13-,14-,19?/m0/s1. The first-order valence-corrected chi connectivity index (χ1v) is 8.18. The van der Waals surface area contributed by atoms with Gasteiger partial charge in [0.25, 0.3) is 0 Å². The van der Waals surface area contributed by atoms with Gasteiger partial charge in [-0.15, -0.1) is 0 Å². The minimum Gasteiger partial charge on any atom is -0.230 e. The van der Waals surface area contributed by atoms with Crippen molar-refractivity contribution in [2.24, 2.45) is 22.2 Å². The fourth-order valence-corrected chi connectivity index (χ4v) is 3.76. The number of hydrogen-bond donors (Lipinski definition) is 0. The summed E-state index contributed by atoms with van der Waals surface area (Å²) in [6.07, 6.45) is 5.60. The molecule has 0 heterocycles. The number of aryl methyl sites for hydroxylation is 1. The molecule has 1 fully saturated rings. The number of rotatable bonds is 3. The van der Waals surface area contributed by atoms with Gasteiger partial charge in [0, 0.05) is 6.21 Å². The van der Waals surface area contributed by atoms with Crippen molar-refractivity contribution in [2.75, 3.05) is 0 Å². The highest BCUT2D eigenvalue weighted by molar-refractivity contribution is 7.83. The zero-order chi connectivity index (χ0) is 13.8. The van der Waals surface area contributed by atoms with E-state index < -0.39 is 11.0 Å². The predicted molar refractivity (Wildman–Crippen MR) is 81.7 cm³/mol. The molecule has 1 saturated carbocycles. The lowest BCUT2D eigenvalue weighted by atomic mass is 9.77. The van der Waals surface area contributed by atoms with Crippen molar-refractivity contribution in [3.63, 3.8) is 0 Å². The van der Waals surface area contributed by atoms with Crippen LogP contribution in [0.1, 0.15) is 38.7 Å². The van der Waals surface area contributed by atoms with E-state index in [2.05, 4.69) is 18.2 Å². The van der Waals surface area contributed by atoms with Crippen LogP contribution in [0.4, 0.5) is 0 Å². The second-order valence-corrected chi connectivity index (χ2v) is 7.17. The lowest BCUT2D eigenvalue weighted by Gasteiger charge is -2.28. The summed E-state index contributed by atoms with van der Waals surface area (Å²) in [4.78, 5) is 0.791. The minimum atomic E-state index is -1.25. The van der Waals surface area contributed by atoms with Gasteiger partial charge in [0.2, 0.25) is 0 Å². The van der Waals surface area contributed by atoms with Crippen molar-refractivity contribution >= 4 is 17.2 Å². The second kappa shape index (κ2) is 6.47. The Kier molecular flexibility index (Phi) is 4.92. The van der Waals surface area contributed by atoms with Gasteiger partial charge in [-0.3, -0.25) is 0 Å². The van der Waals surface area contributed by atoms with E-state index in [1.54, 1.807) is 0 Å². The second-order valence-electron chi connectivity index (χ2n) is 5.99. The van der Waals surface area contributed by atoms with E-state index in [4.69, 9.17) is 0 Å². The van der Waals surface area contributed by atoms with Crippen LogP contribution >= 0.6 is 0 Å². The molecular formula is C16H23NOS. The highest BCUT2D eigenvalue weighted by Gasteiger charge is 2.22. The van der Waals surface area contributed by atoms with E-state index >= 15 is 0 Å². The monoisotopic (exact) mass is 277 g/mol. The number of benzene rings is 1. The molecule has 0 amide bonds. The molecule has 3 heteroatoms. The Morgan fingerprint density at radius 3 is 2.26 bits per heavy atom. The van der Waals surface area contributed by atoms with Gasteiger partial charge in [-0.2, -0.15) is 4.40 Å². The van der Waals surface area contributed by atoms with E-state index in [9.17, 15) is 4.21 Å². The van der Waals surface area contributed by atoms with Gasteiger partial charge >= 0.3 is 0 Å². The van der Waals surface area contributed by atoms with Crippen molar-refractivity contribution < 1.29 is 4.21 Å². The Balaban J connectivity index is 1.98. The molecule has 0 spiro atoms. The lowest BCUT2D eigenvalue weighted by molar-refractivity contribution is 0.267. The van der Waals surface area contributed by atoms with Crippen LogP contribution in [-0.2, 0) is 11.0 Å². The van der Waals surface area contributed by atoms with Crippen molar-refractivity contribution in [2.45, 2.75) is 44.9 Å². The van der Waals surface area contributed by atoms with Crippen molar-refractivity contribution in [3.05, 3.63) is 29.8 Å². The van der Waals surface area contributed by atoms with Crippen LogP contribution in [0.5, 0.6) is 0 Å². The van der Waals surface area contributed by atoms with E-state index in [0.717, 1.165) is 16.7 Å². The summed E-state index contributed by atoms with van der Waals surface area (Å²) in [5, 5.41) is 0. The van der Waals surface area contributed by atoms with Gasteiger partial charge in [0.15, 0.2) is 11.0 Å². The Bertz CT molecular complexity index is 456. The third-order valence-corrected chi connectivity index (χ3v) is 4.79. The van der Waals surface area contributed by atoms with Gasteiger partial charge < -0.3 is 0 Å². The molecule has 1 aromatic rings. The fourth-order valence-electron chi connectivity index (χ4n) is 2.99. The maximum Gasteiger partial charge on any atom is 0.172 e. The van der Waals surface area contributed by atoms with E-state index in [0.29, 0.717) is 5.92 Å². The van der Waals surface area contributed by atoms with E-state index in [1.165, 1.54) is 24.8 Å². The average molecular weight is 277 g/mol. The first-order chi connectivity index (χ1) is 9.04. The summed E-state index contributed by atoms with van der Waals surface area (Å²) < 4.78 is 16.3. The summed E-state index contributed by atoms with van der Waals surface area (Å²) >= 11 is 0. The number of hydrogen-bond acceptors (Lipinski definition) is 1. The molecule has 0 bridgehead atoms. The Hall–Kier alpha value is -0.960. The molecular weight excluding hydrogens is 254 g/mol. The summed E-state index contributed by atoms with van der Waals surface area (Å²) in [6, 6.07) is 7.75. The SMILES string of the molecule is Cc1ccc(S(=O)/N=C/C2C[C@@H](C)C[C@H](C)C2)cc1. The molecule has 2 rings (SSSR count). The summed E-state index contributed by atoms with van der Waals surface area (Å²) in [5.41, 5.74) is 1.18. The number of nitrogens with zero attached hydrogens (tertiary/aromatic N) is 1. The van der Waals surface area contributed by atoms with E-state index in [-0.39, 0.29) is 0 Å². The van der Waals surface area contributed by atoms with Gasteiger partial charge in [0.05, 0.1) is 4.90 Å². The van der Waals surface area contributed by atoms with Gasteiger partial charge in [-0.25, -0.2) is 4.21 Å². The Morgan fingerprint density at radius 2 is 1.68 bits per heavy atom. The smallest absolute Gasteiger partial charge is 0.172 e. The van der Waals surface area contributed by atoms with Crippen molar-refractivity contribution in [1.82, 2.24) is 0 Å². The lowest BCUT2D eigenvalue weighted by Crippen LogP contribution is -2.20. The first kappa shape index (κ1) is 14.4. The van der Waals surface area contributed by atoms with Gasteiger partial charge in [-0.1, -0.05) is 31.5 Å². The third-order valence-electron chi connectivity index (χ3n) is 3.81. The zero-order valence-corrected chi connectivity index (χ0v) is 12.8. The van der Waals surface area contributed by atoms with E-state index in [1.807, 2.05) is 37.4 Å². The van der Waals surface area contributed by atoms with Crippen LogP contribution in [0.15, 0.2) is 33.6 Å². The quantitative estimate of drug-likeness (QED) is 0.763. The average Bonchev–Trinajstić information content (AvgIpc) is 2.36. The molecule has 1 aliphatic carbocycles. The van der Waals surface area contributed by atoms with Crippen LogP contribution in [0.25, 0.3) is 0 Å².